The minimum absolute atomic E-state index is 0.0859. The molecule has 70 valence electrons. The van der Waals surface area contributed by atoms with Crippen molar-refractivity contribution in [2.75, 3.05) is 5.43 Å². The third-order valence-electron chi connectivity index (χ3n) is 1.21. The molecule has 0 atom stereocenters. The van der Waals surface area contributed by atoms with E-state index in [0.717, 1.165) is 5.69 Å². The van der Waals surface area contributed by atoms with Gasteiger partial charge in [0.25, 0.3) is 0 Å². The Kier molecular flexibility index (Phi) is 2.95. The van der Waals surface area contributed by atoms with E-state index in [0.29, 0.717) is 0 Å². The lowest BCUT2D eigenvalue weighted by molar-refractivity contribution is 0.606. The van der Waals surface area contributed by atoms with Gasteiger partial charge in [0.1, 0.15) is 6.33 Å². The van der Waals surface area contributed by atoms with Crippen LogP contribution in [0.3, 0.4) is 0 Å². The number of nitrogens with one attached hydrogen (secondary N) is 1. The van der Waals surface area contributed by atoms with Gasteiger partial charge in [-0.3, -0.25) is 5.43 Å². The Hall–Kier alpha value is -1.45. The number of hydrazone groups is 1. The zero-order chi connectivity index (χ0) is 9.73. The summed E-state index contributed by atoms with van der Waals surface area (Å²) in [6.45, 7) is 6.25. The predicted octanol–water partition coefficient (Wildman–Crippen LogP) is 1.92. The molecular formula is C9H14N4. The van der Waals surface area contributed by atoms with Gasteiger partial charge in [-0.25, -0.2) is 9.97 Å². The van der Waals surface area contributed by atoms with Crippen LogP contribution in [0.2, 0.25) is 0 Å². The quantitative estimate of drug-likeness (QED) is 0.556. The molecule has 0 unspecified atom stereocenters. The van der Waals surface area contributed by atoms with Gasteiger partial charge in [0.2, 0.25) is 0 Å². The van der Waals surface area contributed by atoms with E-state index >= 15 is 0 Å². The van der Waals surface area contributed by atoms with Crippen LogP contribution in [0.5, 0.6) is 0 Å². The highest BCUT2D eigenvalue weighted by atomic mass is 15.3. The van der Waals surface area contributed by atoms with Gasteiger partial charge >= 0.3 is 0 Å². The van der Waals surface area contributed by atoms with Crippen LogP contribution in [0, 0.1) is 5.41 Å². The van der Waals surface area contributed by atoms with Crippen LogP contribution in [-0.4, -0.2) is 16.2 Å². The maximum Gasteiger partial charge on any atom is 0.115 e. The van der Waals surface area contributed by atoms with Crippen molar-refractivity contribution in [1.29, 1.82) is 0 Å². The molecule has 0 saturated heterocycles. The lowest BCUT2D eigenvalue weighted by atomic mass is 9.99. The lowest BCUT2D eigenvalue weighted by Gasteiger charge is -2.09. The van der Waals surface area contributed by atoms with E-state index in [1.54, 1.807) is 12.4 Å². The van der Waals surface area contributed by atoms with Crippen molar-refractivity contribution < 1.29 is 0 Å². The van der Waals surface area contributed by atoms with Crippen molar-refractivity contribution in [1.82, 2.24) is 9.97 Å². The molecule has 0 amide bonds. The van der Waals surface area contributed by atoms with Crippen LogP contribution in [0.4, 0.5) is 5.69 Å². The van der Waals surface area contributed by atoms with E-state index in [4.69, 9.17) is 0 Å². The van der Waals surface area contributed by atoms with Crippen LogP contribution in [0.15, 0.2) is 23.8 Å². The van der Waals surface area contributed by atoms with Crippen LogP contribution in [-0.2, 0) is 0 Å². The first kappa shape index (κ1) is 9.64. The SMILES string of the molecule is CC(C)(C)/C=N/Nc1cncnc1. The summed E-state index contributed by atoms with van der Waals surface area (Å²) in [6, 6.07) is 0. The Morgan fingerprint density at radius 2 is 1.92 bits per heavy atom. The molecule has 1 rings (SSSR count). The fourth-order valence-corrected chi connectivity index (χ4v) is 0.657. The molecule has 0 spiro atoms. The largest absolute Gasteiger partial charge is 0.276 e. The fourth-order valence-electron chi connectivity index (χ4n) is 0.657. The molecule has 4 nitrogen and oxygen atoms in total. The van der Waals surface area contributed by atoms with E-state index < -0.39 is 0 Å². The molecule has 1 N–H and O–H groups in total. The topological polar surface area (TPSA) is 50.2 Å². The lowest BCUT2D eigenvalue weighted by Crippen LogP contribution is -2.07. The summed E-state index contributed by atoms with van der Waals surface area (Å²) in [5.74, 6) is 0. The first-order chi connectivity index (χ1) is 6.08. The Labute approximate surface area is 78.1 Å². The Bertz CT molecular complexity index is 273. The number of anilines is 1. The molecule has 0 aliphatic carbocycles. The Morgan fingerprint density at radius 1 is 1.31 bits per heavy atom. The van der Waals surface area contributed by atoms with E-state index in [1.165, 1.54) is 6.33 Å². The first-order valence-electron chi connectivity index (χ1n) is 4.13. The summed E-state index contributed by atoms with van der Waals surface area (Å²) in [4.78, 5) is 7.70. The molecule has 1 aromatic heterocycles. The standard InChI is InChI=1S/C9H14N4/c1-9(2,3)6-12-13-8-4-10-7-11-5-8/h4-7,13H,1-3H3/b12-6+. The van der Waals surface area contributed by atoms with Crippen molar-refractivity contribution in [3.63, 3.8) is 0 Å². The molecule has 1 aromatic rings. The maximum absolute atomic E-state index is 4.06. The summed E-state index contributed by atoms with van der Waals surface area (Å²) in [5, 5.41) is 4.06. The van der Waals surface area contributed by atoms with E-state index in [-0.39, 0.29) is 5.41 Å². The van der Waals surface area contributed by atoms with Crippen molar-refractivity contribution in [3.05, 3.63) is 18.7 Å². The molecule has 0 saturated carbocycles. The van der Waals surface area contributed by atoms with Crippen molar-refractivity contribution in [2.24, 2.45) is 10.5 Å². The van der Waals surface area contributed by atoms with Crippen LogP contribution in [0.1, 0.15) is 20.8 Å². The molecular weight excluding hydrogens is 164 g/mol. The van der Waals surface area contributed by atoms with Gasteiger partial charge in [0, 0.05) is 6.21 Å². The average molecular weight is 178 g/mol. The summed E-state index contributed by atoms with van der Waals surface area (Å²) in [7, 11) is 0. The zero-order valence-corrected chi connectivity index (χ0v) is 8.15. The molecule has 0 aromatic carbocycles. The molecule has 0 aliphatic heterocycles. The molecule has 0 fully saturated rings. The molecule has 1 heterocycles. The normalized spacial score (nSPS) is 11.9. The summed E-state index contributed by atoms with van der Waals surface area (Å²) < 4.78 is 0. The third kappa shape index (κ3) is 4.20. The second-order valence-corrected chi connectivity index (χ2v) is 3.86. The maximum atomic E-state index is 4.06. The minimum atomic E-state index is 0.0859. The fraction of sp³-hybridized carbons (Fsp3) is 0.444. The highest BCUT2D eigenvalue weighted by Crippen LogP contribution is 2.08. The van der Waals surface area contributed by atoms with Gasteiger partial charge in [-0.2, -0.15) is 5.10 Å². The van der Waals surface area contributed by atoms with Gasteiger partial charge < -0.3 is 0 Å². The molecule has 0 aliphatic rings. The number of rotatable bonds is 2. The van der Waals surface area contributed by atoms with Crippen LogP contribution in [0.25, 0.3) is 0 Å². The summed E-state index contributed by atoms with van der Waals surface area (Å²) in [5.41, 5.74) is 3.73. The van der Waals surface area contributed by atoms with Crippen molar-refractivity contribution in [2.45, 2.75) is 20.8 Å². The van der Waals surface area contributed by atoms with Crippen molar-refractivity contribution >= 4 is 11.9 Å². The third-order valence-corrected chi connectivity index (χ3v) is 1.21. The highest BCUT2D eigenvalue weighted by Gasteiger charge is 2.04. The highest BCUT2D eigenvalue weighted by molar-refractivity contribution is 5.65. The Morgan fingerprint density at radius 3 is 2.46 bits per heavy atom. The number of aromatic nitrogens is 2. The Balaban J connectivity index is 2.49. The van der Waals surface area contributed by atoms with Gasteiger partial charge in [0.15, 0.2) is 0 Å². The van der Waals surface area contributed by atoms with Crippen molar-refractivity contribution in [3.8, 4) is 0 Å². The van der Waals surface area contributed by atoms with Gasteiger partial charge in [-0.15, -0.1) is 0 Å². The first-order valence-corrected chi connectivity index (χ1v) is 4.13. The molecule has 4 heteroatoms. The monoisotopic (exact) mass is 178 g/mol. The molecule has 13 heavy (non-hydrogen) atoms. The number of nitrogens with zero attached hydrogens (tertiary/aromatic N) is 3. The van der Waals surface area contributed by atoms with E-state index in [1.807, 2.05) is 6.21 Å². The van der Waals surface area contributed by atoms with Gasteiger partial charge in [-0.1, -0.05) is 20.8 Å². The van der Waals surface area contributed by atoms with Crippen LogP contribution < -0.4 is 5.43 Å². The summed E-state index contributed by atoms with van der Waals surface area (Å²) >= 11 is 0. The van der Waals surface area contributed by atoms with Gasteiger partial charge in [-0.05, 0) is 5.41 Å². The van der Waals surface area contributed by atoms with Gasteiger partial charge in [0.05, 0.1) is 18.1 Å². The second-order valence-electron chi connectivity index (χ2n) is 3.86. The minimum Gasteiger partial charge on any atom is -0.276 e. The zero-order valence-electron chi connectivity index (χ0n) is 8.15. The average Bonchev–Trinajstić information content (AvgIpc) is 2.04. The van der Waals surface area contributed by atoms with E-state index in [9.17, 15) is 0 Å². The predicted molar refractivity (Wildman–Crippen MR) is 53.6 cm³/mol. The summed E-state index contributed by atoms with van der Waals surface area (Å²) in [6.07, 6.45) is 6.68. The number of hydrogen-bond acceptors (Lipinski definition) is 4. The molecule has 0 radical (unpaired) electrons. The smallest absolute Gasteiger partial charge is 0.115 e. The van der Waals surface area contributed by atoms with E-state index in [2.05, 4.69) is 41.3 Å². The molecule has 0 bridgehead atoms. The second kappa shape index (κ2) is 3.98. The van der Waals surface area contributed by atoms with Crippen LogP contribution >= 0.6 is 0 Å². The number of hydrogen-bond donors (Lipinski definition) is 1.